The fourth-order valence-corrected chi connectivity index (χ4v) is 7.21. The van der Waals surface area contributed by atoms with Crippen molar-refractivity contribution >= 4 is 17.7 Å². The molecule has 0 unspecified atom stereocenters. The standard InChI is InChI=1S/C38H51N3O5S/c1-37(2,3)46-36(42)15-11-9-10-14-29-28-32(20-25-35(29)45-6)38(30-16-21-33(43-4)22-17-30,31-18-23-34(44-5)24-19-31)47-27-13-8-7-12-26-40-41-39/h16-25,28H,7-15,26-27H2,1-6H3. The minimum Gasteiger partial charge on any atom is -0.497 e. The van der Waals surface area contributed by atoms with Gasteiger partial charge in [0.1, 0.15) is 22.8 Å². The van der Waals surface area contributed by atoms with E-state index in [2.05, 4.69) is 52.5 Å². The largest absolute Gasteiger partial charge is 0.497 e. The zero-order chi connectivity index (χ0) is 34.1. The second-order valence-electron chi connectivity index (χ2n) is 12.5. The predicted octanol–water partition coefficient (Wildman–Crippen LogP) is 10.1. The zero-order valence-electron chi connectivity index (χ0n) is 28.9. The van der Waals surface area contributed by atoms with E-state index in [4.69, 9.17) is 24.5 Å². The van der Waals surface area contributed by atoms with Gasteiger partial charge in [0.25, 0.3) is 0 Å². The summed E-state index contributed by atoms with van der Waals surface area (Å²) in [5.41, 5.74) is 12.8. The summed E-state index contributed by atoms with van der Waals surface area (Å²) in [5, 5.41) is 3.67. The first-order chi connectivity index (χ1) is 22.7. The van der Waals surface area contributed by atoms with Crippen LogP contribution in [0.5, 0.6) is 17.2 Å². The number of carbonyl (C=O) groups is 1. The molecule has 0 amide bonds. The van der Waals surface area contributed by atoms with Gasteiger partial charge in [-0.05, 0) is 117 Å². The third-order valence-corrected chi connectivity index (χ3v) is 9.59. The van der Waals surface area contributed by atoms with Gasteiger partial charge < -0.3 is 18.9 Å². The molecule has 0 aromatic heterocycles. The molecule has 0 radical (unpaired) electrons. The van der Waals surface area contributed by atoms with Crippen molar-refractivity contribution in [2.75, 3.05) is 33.6 Å². The third kappa shape index (κ3) is 11.4. The summed E-state index contributed by atoms with van der Waals surface area (Å²) >= 11 is 1.93. The van der Waals surface area contributed by atoms with E-state index in [0.717, 1.165) is 91.1 Å². The van der Waals surface area contributed by atoms with Crippen molar-refractivity contribution in [1.82, 2.24) is 0 Å². The predicted molar refractivity (Wildman–Crippen MR) is 192 cm³/mol. The molecule has 47 heavy (non-hydrogen) atoms. The number of unbranched alkanes of at least 4 members (excludes halogenated alkanes) is 5. The summed E-state index contributed by atoms with van der Waals surface area (Å²) in [4.78, 5) is 15.1. The van der Waals surface area contributed by atoms with Crippen molar-refractivity contribution < 1.29 is 23.7 Å². The SMILES string of the molecule is COc1ccc(C(SCCCCCCN=[N+]=[N-])(c2ccc(OC)cc2)c2ccc(OC)c(CCCCCC(=O)OC(C)(C)C)c2)cc1. The minimum absolute atomic E-state index is 0.145. The van der Waals surface area contributed by atoms with Crippen molar-refractivity contribution in [3.8, 4) is 17.2 Å². The molecule has 8 nitrogen and oxygen atoms in total. The Labute approximate surface area is 285 Å². The molecular formula is C38H51N3O5S. The lowest BCUT2D eigenvalue weighted by Crippen LogP contribution is -2.26. The van der Waals surface area contributed by atoms with E-state index < -0.39 is 10.3 Å². The summed E-state index contributed by atoms with van der Waals surface area (Å²) in [5.74, 6) is 3.28. The first kappa shape index (κ1) is 37.6. The molecular weight excluding hydrogens is 611 g/mol. The molecule has 9 heteroatoms. The monoisotopic (exact) mass is 661 g/mol. The number of thioether (sulfide) groups is 1. The second kappa shape index (κ2) is 19.1. The topological polar surface area (TPSA) is 103 Å². The van der Waals surface area contributed by atoms with Crippen LogP contribution in [-0.4, -0.2) is 45.2 Å². The number of benzene rings is 3. The molecule has 3 aromatic rings. The Kier molecular flexibility index (Phi) is 15.3. The Morgan fingerprint density at radius 2 is 1.32 bits per heavy atom. The summed E-state index contributed by atoms with van der Waals surface area (Å²) in [7, 11) is 5.09. The second-order valence-corrected chi connectivity index (χ2v) is 13.8. The van der Waals surface area contributed by atoms with Crippen LogP contribution in [0.3, 0.4) is 0 Å². The van der Waals surface area contributed by atoms with Gasteiger partial charge in [-0.2, -0.15) is 0 Å². The number of nitrogens with zero attached hydrogens (tertiary/aromatic N) is 3. The van der Waals surface area contributed by atoms with Crippen LogP contribution in [0, 0.1) is 0 Å². The van der Waals surface area contributed by atoms with Gasteiger partial charge in [0.15, 0.2) is 0 Å². The maximum absolute atomic E-state index is 12.2. The van der Waals surface area contributed by atoms with Crippen LogP contribution in [0.4, 0.5) is 0 Å². The first-order valence-corrected chi connectivity index (χ1v) is 17.5. The number of rotatable bonds is 20. The Hall–Kier alpha value is -3.81. The van der Waals surface area contributed by atoms with Crippen LogP contribution < -0.4 is 14.2 Å². The van der Waals surface area contributed by atoms with Crippen LogP contribution >= 0.6 is 11.8 Å². The van der Waals surface area contributed by atoms with Crippen LogP contribution in [-0.2, 0) is 20.7 Å². The van der Waals surface area contributed by atoms with E-state index in [0.29, 0.717) is 13.0 Å². The molecule has 0 N–H and O–H groups in total. The van der Waals surface area contributed by atoms with Crippen LogP contribution in [0.25, 0.3) is 10.4 Å². The Bertz CT molecular complexity index is 1380. The van der Waals surface area contributed by atoms with Crippen LogP contribution in [0.1, 0.15) is 94.4 Å². The van der Waals surface area contributed by atoms with E-state index in [1.54, 1.807) is 21.3 Å². The number of esters is 1. The number of methoxy groups -OCH3 is 3. The molecule has 0 aliphatic carbocycles. The number of azide groups is 1. The van der Waals surface area contributed by atoms with Crippen molar-refractivity contribution in [2.45, 2.75) is 88.9 Å². The number of aryl methyl sites for hydroxylation is 1. The molecule has 0 fully saturated rings. The smallest absolute Gasteiger partial charge is 0.306 e. The number of carbonyl (C=O) groups excluding carboxylic acids is 1. The van der Waals surface area contributed by atoms with Crippen molar-refractivity contribution in [3.63, 3.8) is 0 Å². The maximum Gasteiger partial charge on any atom is 0.306 e. The molecule has 254 valence electrons. The lowest BCUT2D eigenvalue weighted by atomic mass is 9.82. The van der Waals surface area contributed by atoms with E-state index in [9.17, 15) is 4.79 Å². The summed E-state index contributed by atoms with van der Waals surface area (Å²) in [6.45, 7) is 6.24. The Morgan fingerprint density at radius 1 is 0.745 bits per heavy atom. The molecule has 3 aromatic carbocycles. The van der Waals surface area contributed by atoms with E-state index in [1.807, 2.05) is 56.8 Å². The summed E-state index contributed by atoms with van der Waals surface area (Å²) in [6.07, 6.45) is 7.93. The highest BCUT2D eigenvalue weighted by atomic mass is 32.2. The first-order valence-electron chi connectivity index (χ1n) is 16.5. The quantitative estimate of drug-likeness (QED) is 0.0298. The van der Waals surface area contributed by atoms with Gasteiger partial charge in [-0.3, -0.25) is 4.79 Å². The van der Waals surface area contributed by atoms with Crippen molar-refractivity contribution in [3.05, 3.63) is 99.4 Å². The van der Waals surface area contributed by atoms with E-state index in [1.165, 1.54) is 5.56 Å². The van der Waals surface area contributed by atoms with Gasteiger partial charge in [0.2, 0.25) is 0 Å². The lowest BCUT2D eigenvalue weighted by molar-refractivity contribution is -0.154. The van der Waals surface area contributed by atoms with Gasteiger partial charge in [-0.1, -0.05) is 60.8 Å². The van der Waals surface area contributed by atoms with E-state index >= 15 is 0 Å². The lowest BCUT2D eigenvalue weighted by Gasteiger charge is -2.36. The molecule has 0 saturated heterocycles. The van der Waals surface area contributed by atoms with E-state index in [-0.39, 0.29) is 5.97 Å². The molecule has 0 spiro atoms. The van der Waals surface area contributed by atoms with Crippen LogP contribution in [0.2, 0.25) is 0 Å². The molecule has 0 heterocycles. The molecule has 0 atom stereocenters. The average Bonchev–Trinajstić information content (AvgIpc) is 3.07. The fraction of sp³-hybridized carbons (Fsp3) is 0.500. The van der Waals surface area contributed by atoms with Crippen molar-refractivity contribution in [2.24, 2.45) is 5.11 Å². The van der Waals surface area contributed by atoms with Gasteiger partial charge >= 0.3 is 5.97 Å². The normalized spacial score (nSPS) is 11.4. The molecule has 3 rings (SSSR count). The third-order valence-electron chi connectivity index (χ3n) is 7.96. The van der Waals surface area contributed by atoms with Crippen molar-refractivity contribution in [1.29, 1.82) is 0 Å². The average molecular weight is 662 g/mol. The Morgan fingerprint density at radius 3 is 1.87 bits per heavy atom. The zero-order valence-corrected chi connectivity index (χ0v) is 29.7. The molecule has 0 aliphatic rings. The highest BCUT2D eigenvalue weighted by Gasteiger charge is 2.37. The highest BCUT2D eigenvalue weighted by molar-refractivity contribution is 8.00. The number of ether oxygens (including phenoxy) is 4. The van der Waals surface area contributed by atoms with Gasteiger partial charge in [0.05, 0.1) is 26.1 Å². The van der Waals surface area contributed by atoms with Gasteiger partial charge in [0, 0.05) is 17.9 Å². The number of hydrogen-bond donors (Lipinski definition) is 0. The maximum atomic E-state index is 12.2. The Balaban J connectivity index is 1.96. The van der Waals surface area contributed by atoms with Gasteiger partial charge in [-0.25, -0.2) is 0 Å². The molecule has 0 saturated carbocycles. The number of hydrogen-bond acceptors (Lipinski definition) is 7. The van der Waals surface area contributed by atoms with Gasteiger partial charge in [-0.15, -0.1) is 11.8 Å². The summed E-state index contributed by atoms with van der Waals surface area (Å²) < 4.78 is 21.9. The molecule has 0 bridgehead atoms. The fourth-order valence-electron chi connectivity index (χ4n) is 5.66. The summed E-state index contributed by atoms with van der Waals surface area (Å²) in [6, 6.07) is 23.3. The minimum atomic E-state index is -0.513. The van der Waals surface area contributed by atoms with Crippen LogP contribution in [0.15, 0.2) is 71.8 Å². The highest BCUT2D eigenvalue weighted by Crippen LogP contribution is 2.50. The molecule has 0 aliphatic heterocycles.